The highest BCUT2D eigenvalue weighted by molar-refractivity contribution is 5.92. The Bertz CT molecular complexity index is 738. The highest BCUT2D eigenvalue weighted by Gasteiger charge is 2.32. The molecule has 0 aliphatic heterocycles. The van der Waals surface area contributed by atoms with E-state index in [4.69, 9.17) is 4.74 Å². The molecule has 0 aromatic heterocycles. The zero-order chi connectivity index (χ0) is 19.4. The average Bonchev–Trinajstić information content (AvgIpc) is 2.53. The number of nitro groups is 1. The van der Waals surface area contributed by atoms with Crippen LogP contribution in [0.3, 0.4) is 0 Å². The second-order valence-corrected chi connectivity index (χ2v) is 6.26. The Kier molecular flexibility index (Phi) is 6.23. The monoisotopic (exact) mass is 347 g/mol. The van der Waals surface area contributed by atoms with Crippen LogP contribution in [0, 0.1) is 34.3 Å². The molecular weight excluding hydrogens is 326 g/mol. The van der Waals surface area contributed by atoms with Crippen LogP contribution in [0.15, 0.2) is 18.2 Å². The maximum absolute atomic E-state index is 12.2. The van der Waals surface area contributed by atoms with E-state index in [0.29, 0.717) is 5.56 Å². The Morgan fingerprint density at radius 1 is 1.36 bits per heavy atom. The number of rotatable bonds is 6. The molecule has 0 saturated carbocycles. The molecule has 0 fully saturated rings. The Morgan fingerprint density at radius 2 is 1.96 bits per heavy atom. The molecule has 0 aliphatic carbocycles. The number of ether oxygens (including phenoxy) is 1. The Labute approximate surface area is 145 Å². The Hall–Kier alpha value is -2.95. The molecule has 0 unspecified atom stereocenters. The predicted octanol–water partition coefficient (Wildman–Crippen LogP) is 2.50. The zero-order valence-electron chi connectivity index (χ0n) is 14.8. The van der Waals surface area contributed by atoms with Gasteiger partial charge in [0.1, 0.15) is 5.54 Å². The van der Waals surface area contributed by atoms with Crippen molar-refractivity contribution in [1.82, 2.24) is 5.32 Å². The molecule has 0 saturated heterocycles. The summed E-state index contributed by atoms with van der Waals surface area (Å²) < 4.78 is 5.09. The van der Waals surface area contributed by atoms with Crippen LogP contribution < -0.4 is 5.32 Å². The second kappa shape index (κ2) is 7.75. The topological polar surface area (TPSA) is 122 Å². The minimum absolute atomic E-state index is 0.106. The molecule has 134 valence electrons. The van der Waals surface area contributed by atoms with E-state index in [2.05, 4.69) is 5.32 Å². The standard InChI is InChI=1S/C17H21N3O5/c1-10(2)17(5,9-18)19-15(21)12(4)25-16(22)13-6-7-14(20(23)24)11(3)8-13/h6-8,10,12H,1-5H3,(H,19,21)/t12-,17+/m1/s1. The van der Waals surface area contributed by atoms with E-state index in [0.717, 1.165) is 0 Å². The first-order valence-corrected chi connectivity index (χ1v) is 7.71. The lowest BCUT2D eigenvalue weighted by Gasteiger charge is -2.28. The summed E-state index contributed by atoms with van der Waals surface area (Å²) in [5, 5.41) is 22.6. The normalized spacial score (nSPS) is 14.1. The zero-order valence-corrected chi connectivity index (χ0v) is 14.8. The van der Waals surface area contributed by atoms with Gasteiger partial charge in [-0.15, -0.1) is 0 Å². The highest BCUT2D eigenvalue weighted by atomic mass is 16.6. The van der Waals surface area contributed by atoms with Gasteiger partial charge in [0, 0.05) is 11.6 Å². The molecule has 0 spiro atoms. The number of esters is 1. The van der Waals surface area contributed by atoms with Crippen molar-refractivity contribution in [2.45, 2.75) is 46.3 Å². The highest BCUT2D eigenvalue weighted by Crippen LogP contribution is 2.20. The molecule has 25 heavy (non-hydrogen) atoms. The fraction of sp³-hybridized carbons (Fsp3) is 0.471. The van der Waals surface area contributed by atoms with E-state index < -0.39 is 28.4 Å². The van der Waals surface area contributed by atoms with Gasteiger partial charge in [-0.05, 0) is 38.8 Å². The lowest BCUT2D eigenvalue weighted by molar-refractivity contribution is -0.385. The van der Waals surface area contributed by atoms with E-state index in [1.165, 1.54) is 32.0 Å². The number of carbonyl (C=O) groups is 2. The second-order valence-electron chi connectivity index (χ2n) is 6.26. The van der Waals surface area contributed by atoms with Gasteiger partial charge in [0.25, 0.3) is 11.6 Å². The lowest BCUT2D eigenvalue weighted by atomic mass is 9.90. The number of nitrogens with one attached hydrogen (secondary N) is 1. The van der Waals surface area contributed by atoms with Crippen molar-refractivity contribution in [2.24, 2.45) is 5.92 Å². The van der Waals surface area contributed by atoms with Gasteiger partial charge in [-0.2, -0.15) is 5.26 Å². The van der Waals surface area contributed by atoms with Crippen molar-refractivity contribution >= 4 is 17.6 Å². The maximum atomic E-state index is 12.2. The van der Waals surface area contributed by atoms with Crippen molar-refractivity contribution in [3.63, 3.8) is 0 Å². The van der Waals surface area contributed by atoms with Gasteiger partial charge in [-0.25, -0.2) is 4.79 Å². The van der Waals surface area contributed by atoms with Crippen LogP contribution in [0.4, 0.5) is 5.69 Å². The van der Waals surface area contributed by atoms with Gasteiger partial charge in [0.2, 0.25) is 0 Å². The van der Waals surface area contributed by atoms with Gasteiger partial charge < -0.3 is 10.1 Å². The number of hydrogen-bond acceptors (Lipinski definition) is 6. The van der Waals surface area contributed by atoms with Gasteiger partial charge >= 0.3 is 5.97 Å². The van der Waals surface area contributed by atoms with Gasteiger partial charge in [0.15, 0.2) is 6.10 Å². The van der Waals surface area contributed by atoms with Crippen LogP contribution in [0.25, 0.3) is 0 Å². The molecule has 0 heterocycles. The van der Waals surface area contributed by atoms with E-state index >= 15 is 0 Å². The minimum atomic E-state index is -1.12. The minimum Gasteiger partial charge on any atom is -0.449 e. The third-order valence-electron chi connectivity index (χ3n) is 4.05. The summed E-state index contributed by atoms with van der Waals surface area (Å²) in [6.45, 7) is 8.07. The van der Waals surface area contributed by atoms with Crippen molar-refractivity contribution < 1.29 is 19.2 Å². The predicted molar refractivity (Wildman–Crippen MR) is 89.7 cm³/mol. The summed E-state index contributed by atoms with van der Waals surface area (Å²) in [4.78, 5) is 34.5. The number of carbonyl (C=O) groups excluding carboxylic acids is 2. The first-order valence-electron chi connectivity index (χ1n) is 7.71. The number of amides is 1. The molecule has 1 rings (SSSR count). The molecule has 8 nitrogen and oxygen atoms in total. The van der Waals surface area contributed by atoms with Crippen molar-refractivity contribution in [3.8, 4) is 6.07 Å². The van der Waals surface area contributed by atoms with Crippen LogP contribution in [0.1, 0.15) is 43.6 Å². The third-order valence-corrected chi connectivity index (χ3v) is 4.05. The number of nitrogens with zero attached hydrogens (tertiary/aromatic N) is 2. The first kappa shape index (κ1) is 20.1. The number of aryl methyl sites for hydroxylation is 1. The van der Waals surface area contributed by atoms with E-state index in [9.17, 15) is 25.0 Å². The van der Waals surface area contributed by atoms with Crippen LogP contribution in [-0.2, 0) is 9.53 Å². The number of nitro benzene ring substituents is 1. The van der Waals surface area contributed by atoms with Gasteiger partial charge in [-0.1, -0.05) is 13.8 Å². The summed E-state index contributed by atoms with van der Waals surface area (Å²) in [6, 6.07) is 5.85. The molecule has 1 amide bonds. The van der Waals surface area contributed by atoms with Crippen molar-refractivity contribution in [2.75, 3.05) is 0 Å². The van der Waals surface area contributed by atoms with Gasteiger partial charge in [-0.3, -0.25) is 14.9 Å². The summed E-state index contributed by atoms with van der Waals surface area (Å²) in [7, 11) is 0. The molecule has 1 aromatic rings. The van der Waals surface area contributed by atoms with Crippen LogP contribution >= 0.6 is 0 Å². The lowest BCUT2D eigenvalue weighted by Crippen LogP contribution is -2.52. The third kappa shape index (κ3) is 4.76. The van der Waals surface area contributed by atoms with Crippen LogP contribution in [0.2, 0.25) is 0 Å². The molecule has 0 aliphatic rings. The quantitative estimate of drug-likeness (QED) is 0.479. The molecule has 1 aromatic carbocycles. The van der Waals surface area contributed by atoms with Crippen LogP contribution in [-0.4, -0.2) is 28.4 Å². The number of nitriles is 1. The fourth-order valence-electron chi connectivity index (χ4n) is 1.93. The molecule has 1 N–H and O–H groups in total. The summed E-state index contributed by atoms with van der Waals surface area (Å²) >= 11 is 0. The van der Waals surface area contributed by atoms with Crippen molar-refractivity contribution in [1.29, 1.82) is 5.26 Å². The van der Waals surface area contributed by atoms with E-state index in [1.54, 1.807) is 20.8 Å². The largest absolute Gasteiger partial charge is 0.449 e. The smallest absolute Gasteiger partial charge is 0.338 e. The summed E-state index contributed by atoms with van der Waals surface area (Å²) in [5.74, 6) is -1.50. The fourth-order valence-corrected chi connectivity index (χ4v) is 1.93. The summed E-state index contributed by atoms with van der Waals surface area (Å²) in [5.41, 5.74) is -0.769. The Morgan fingerprint density at radius 3 is 2.40 bits per heavy atom. The van der Waals surface area contributed by atoms with E-state index in [-0.39, 0.29) is 17.2 Å². The number of hydrogen-bond donors (Lipinski definition) is 1. The van der Waals surface area contributed by atoms with Gasteiger partial charge in [0.05, 0.1) is 16.6 Å². The van der Waals surface area contributed by atoms with Crippen LogP contribution in [0.5, 0.6) is 0 Å². The SMILES string of the molecule is Cc1cc(C(=O)O[C@H](C)C(=O)N[C@@](C)(C#N)C(C)C)ccc1[N+](=O)[O-]. The molecule has 0 bridgehead atoms. The number of benzene rings is 1. The van der Waals surface area contributed by atoms with Crippen molar-refractivity contribution in [3.05, 3.63) is 39.4 Å². The summed E-state index contributed by atoms with van der Waals surface area (Å²) in [6.07, 6.45) is -1.12. The maximum Gasteiger partial charge on any atom is 0.338 e. The Balaban J connectivity index is 2.83. The average molecular weight is 347 g/mol. The first-order chi connectivity index (χ1) is 11.5. The molecular formula is C17H21N3O5. The molecule has 8 heteroatoms. The van der Waals surface area contributed by atoms with E-state index in [1.807, 2.05) is 6.07 Å². The molecule has 0 radical (unpaired) electrons. The molecule has 2 atom stereocenters.